The number of rotatable bonds is 5. The lowest BCUT2D eigenvalue weighted by Gasteiger charge is -2.37. The zero-order valence-electron chi connectivity index (χ0n) is 17.4. The lowest BCUT2D eigenvalue weighted by molar-refractivity contribution is -0.140. The van der Waals surface area contributed by atoms with Crippen LogP contribution in [0, 0.1) is 11.2 Å². The second kappa shape index (κ2) is 8.89. The van der Waals surface area contributed by atoms with Crippen LogP contribution in [-0.4, -0.2) is 85.2 Å². The smallest absolute Gasteiger partial charge is 0.248 e. The molecule has 3 heterocycles. The van der Waals surface area contributed by atoms with Crippen LogP contribution in [0.3, 0.4) is 0 Å². The average Bonchev–Trinajstić information content (AvgIpc) is 3.08. The highest BCUT2D eigenvalue weighted by molar-refractivity contribution is 5.86. The van der Waals surface area contributed by atoms with Gasteiger partial charge in [0.25, 0.3) is 0 Å². The SMILES string of the molecule is O=C(CO)N1CCC2(CC1)C[C@H](CCN1CCN(c3ccc(F)cc3)CC1)NC2=O. The molecule has 2 N–H and O–H groups in total. The third kappa shape index (κ3) is 4.44. The van der Waals surface area contributed by atoms with Gasteiger partial charge in [-0.3, -0.25) is 14.5 Å². The number of aliphatic hydroxyl groups is 1. The van der Waals surface area contributed by atoms with Crippen LogP contribution in [0.4, 0.5) is 10.1 Å². The van der Waals surface area contributed by atoms with E-state index in [1.165, 1.54) is 12.1 Å². The fourth-order valence-corrected chi connectivity index (χ4v) is 5.06. The van der Waals surface area contributed by atoms with Crippen molar-refractivity contribution < 1.29 is 19.1 Å². The second-order valence-corrected chi connectivity index (χ2v) is 8.79. The topological polar surface area (TPSA) is 76.1 Å². The predicted octanol–water partition coefficient (Wildman–Crippen LogP) is 0.827. The molecule has 1 atom stereocenters. The molecule has 1 aromatic carbocycles. The lowest BCUT2D eigenvalue weighted by atomic mass is 9.75. The third-order valence-corrected chi connectivity index (χ3v) is 7.02. The molecule has 164 valence electrons. The number of halogens is 1. The molecule has 3 saturated heterocycles. The molecule has 8 heteroatoms. The Bertz CT molecular complexity index is 756. The number of carbonyl (C=O) groups excluding carboxylic acids is 2. The van der Waals surface area contributed by atoms with Crippen molar-refractivity contribution in [2.24, 2.45) is 5.41 Å². The number of carbonyl (C=O) groups is 2. The summed E-state index contributed by atoms with van der Waals surface area (Å²) < 4.78 is 13.1. The van der Waals surface area contributed by atoms with Crippen LogP contribution in [-0.2, 0) is 9.59 Å². The van der Waals surface area contributed by atoms with Gasteiger partial charge >= 0.3 is 0 Å². The van der Waals surface area contributed by atoms with E-state index in [4.69, 9.17) is 5.11 Å². The van der Waals surface area contributed by atoms with E-state index in [1.54, 1.807) is 4.90 Å². The van der Waals surface area contributed by atoms with E-state index in [9.17, 15) is 14.0 Å². The Kier molecular flexibility index (Phi) is 6.24. The molecular formula is C22H31FN4O3. The summed E-state index contributed by atoms with van der Waals surface area (Å²) in [6.07, 6.45) is 3.13. The fourth-order valence-electron chi connectivity index (χ4n) is 5.06. The van der Waals surface area contributed by atoms with Gasteiger partial charge in [-0.15, -0.1) is 0 Å². The first-order valence-electron chi connectivity index (χ1n) is 10.9. The van der Waals surface area contributed by atoms with Gasteiger partial charge in [-0.05, 0) is 49.9 Å². The van der Waals surface area contributed by atoms with Crippen molar-refractivity contribution in [2.45, 2.75) is 31.7 Å². The number of nitrogens with one attached hydrogen (secondary N) is 1. The Morgan fingerprint density at radius 1 is 1.10 bits per heavy atom. The van der Waals surface area contributed by atoms with Crippen molar-refractivity contribution in [1.29, 1.82) is 0 Å². The summed E-state index contributed by atoms with van der Waals surface area (Å²) >= 11 is 0. The van der Waals surface area contributed by atoms with Gasteiger partial charge in [0, 0.05) is 57.5 Å². The molecule has 1 aromatic rings. The average molecular weight is 419 g/mol. The van der Waals surface area contributed by atoms with Gasteiger partial charge in [0.05, 0.1) is 5.41 Å². The molecule has 0 radical (unpaired) electrons. The van der Waals surface area contributed by atoms with E-state index in [0.717, 1.165) is 51.3 Å². The molecule has 30 heavy (non-hydrogen) atoms. The maximum Gasteiger partial charge on any atom is 0.248 e. The van der Waals surface area contributed by atoms with Crippen LogP contribution in [0.1, 0.15) is 25.7 Å². The van der Waals surface area contributed by atoms with E-state index in [0.29, 0.717) is 25.9 Å². The largest absolute Gasteiger partial charge is 0.387 e. The fraction of sp³-hybridized carbons (Fsp3) is 0.636. The van der Waals surface area contributed by atoms with Crippen molar-refractivity contribution >= 4 is 17.5 Å². The Morgan fingerprint density at radius 2 is 1.77 bits per heavy atom. The summed E-state index contributed by atoms with van der Waals surface area (Å²) in [7, 11) is 0. The molecule has 2 amide bonds. The minimum atomic E-state index is -0.462. The molecule has 1 spiro atoms. The molecule has 7 nitrogen and oxygen atoms in total. The molecule has 3 fully saturated rings. The summed E-state index contributed by atoms with van der Waals surface area (Å²) in [6.45, 7) is 5.34. The number of piperazine rings is 1. The summed E-state index contributed by atoms with van der Waals surface area (Å²) in [5, 5.41) is 12.2. The van der Waals surface area contributed by atoms with Gasteiger partial charge in [0.2, 0.25) is 11.8 Å². The normalized spacial score (nSPS) is 24.3. The van der Waals surface area contributed by atoms with Crippen molar-refractivity contribution in [3.05, 3.63) is 30.1 Å². The van der Waals surface area contributed by atoms with E-state index in [1.807, 2.05) is 12.1 Å². The first-order chi connectivity index (χ1) is 14.5. The number of hydrogen-bond donors (Lipinski definition) is 2. The maximum absolute atomic E-state index is 13.1. The van der Waals surface area contributed by atoms with E-state index < -0.39 is 6.61 Å². The van der Waals surface area contributed by atoms with Crippen LogP contribution in [0.5, 0.6) is 0 Å². The van der Waals surface area contributed by atoms with Crippen molar-refractivity contribution in [2.75, 3.05) is 57.3 Å². The molecule has 0 aliphatic carbocycles. The van der Waals surface area contributed by atoms with Crippen molar-refractivity contribution in [1.82, 2.24) is 15.1 Å². The van der Waals surface area contributed by atoms with Gasteiger partial charge in [-0.25, -0.2) is 4.39 Å². The number of benzene rings is 1. The molecule has 0 bridgehead atoms. The Morgan fingerprint density at radius 3 is 2.40 bits per heavy atom. The van der Waals surface area contributed by atoms with Crippen molar-refractivity contribution in [3.63, 3.8) is 0 Å². The minimum absolute atomic E-state index is 0.129. The lowest BCUT2D eigenvalue weighted by Crippen LogP contribution is -2.47. The summed E-state index contributed by atoms with van der Waals surface area (Å²) in [6, 6.07) is 6.86. The zero-order valence-corrected chi connectivity index (χ0v) is 17.4. The molecule has 3 aliphatic rings. The highest BCUT2D eigenvalue weighted by atomic mass is 19.1. The van der Waals surface area contributed by atoms with Crippen LogP contribution in [0.2, 0.25) is 0 Å². The molecular weight excluding hydrogens is 387 g/mol. The standard InChI is InChI=1S/C22H31FN4O3/c23-17-1-3-19(4-2-17)26-13-11-25(12-14-26)8-5-18-15-22(21(30)24-18)6-9-27(10-7-22)20(29)16-28/h1-4,18,28H,5-16H2,(H,24,30)/t18-/m0/s1. The third-order valence-electron chi connectivity index (χ3n) is 7.02. The van der Waals surface area contributed by atoms with Crippen LogP contribution < -0.4 is 10.2 Å². The number of likely N-dealkylation sites (tertiary alicyclic amines) is 1. The Balaban J connectivity index is 1.22. The minimum Gasteiger partial charge on any atom is -0.387 e. The molecule has 0 aromatic heterocycles. The predicted molar refractivity (Wildman–Crippen MR) is 112 cm³/mol. The second-order valence-electron chi connectivity index (χ2n) is 8.79. The molecule has 3 aliphatic heterocycles. The number of hydrogen-bond acceptors (Lipinski definition) is 5. The first-order valence-corrected chi connectivity index (χ1v) is 10.9. The van der Waals surface area contributed by atoms with Gasteiger partial charge in [0.1, 0.15) is 12.4 Å². The number of nitrogens with zero attached hydrogens (tertiary/aromatic N) is 3. The van der Waals surface area contributed by atoms with E-state index >= 15 is 0 Å². The maximum atomic E-state index is 13.1. The van der Waals surface area contributed by atoms with Crippen LogP contribution in [0.25, 0.3) is 0 Å². The van der Waals surface area contributed by atoms with Gasteiger partial charge in [-0.1, -0.05) is 0 Å². The summed E-state index contributed by atoms with van der Waals surface area (Å²) in [5.41, 5.74) is 0.713. The number of amides is 2. The quantitative estimate of drug-likeness (QED) is 0.741. The number of anilines is 1. The van der Waals surface area contributed by atoms with E-state index in [-0.39, 0.29) is 29.1 Å². The Labute approximate surface area is 176 Å². The van der Waals surface area contributed by atoms with Crippen LogP contribution >= 0.6 is 0 Å². The van der Waals surface area contributed by atoms with Gasteiger partial charge < -0.3 is 20.2 Å². The number of piperidine rings is 1. The van der Waals surface area contributed by atoms with Gasteiger partial charge in [-0.2, -0.15) is 0 Å². The highest BCUT2D eigenvalue weighted by Gasteiger charge is 2.48. The highest BCUT2D eigenvalue weighted by Crippen LogP contribution is 2.41. The summed E-state index contributed by atoms with van der Waals surface area (Å²) in [4.78, 5) is 30.7. The van der Waals surface area contributed by atoms with Crippen LogP contribution in [0.15, 0.2) is 24.3 Å². The van der Waals surface area contributed by atoms with Gasteiger partial charge in [0.15, 0.2) is 0 Å². The number of aliphatic hydroxyl groups excluding tert-OH is 1. The first kappa shape index (κ1) is 21.1. The van der Waals surface area contributed by atoms with E-state index in [2.05, 4.69) is 15.1 Å². The molecule has 4 rings (SSSR count). The summed E-state index contributed by atoms with van der Waals surface area (Å²) in [5.74, 6) is -0.330. The molecule has 0 unspecified atom stereocenters. The monoisotopic (exact) mass is 418 g/mol. The molecule has 0 saturated carbocycles. The zero-order chi connectivity index (χ0) is 21.1. The Hall–Kier alpha value is -2.19. The van der Waals surface area contributed by atoms with Crippen molar-refractivity contribution in [3.8, 4) is 0 Å².